The van der Waals surface area contributed by atoms with Crippen molar-refractivity contribution in [3.05, 3.63) is 69.1 Å². The fraction of sp³-hybridized carbons (Fsp3) is 0.286. The van der Waals surface area contributed by atoms with Crippen molar-refractivity contribution in [2.75, 3.05) is 18.4 Å². The first-order valence-corrected chi connectivity index (χ1v) is 12.4. The normalized spacial score (nSPS) is 17.4. The molecular formula is C21H21ClN4O3S2. The third-order valence-corrected chi connectivity index (χ3v) is 8.34. The van der Waals surface area contributed by atoms with Gasteiger partial charge in [0.25, 0.3) is 5.91 Å². The Bertz CT molecular complexity index is 1180. The van der Waals surface area contributed by atoms with Crippen LogP contribution in [0.2, 0.25) is 5.02 Å². The smallest absolute Gasteiger partial charge is 0.286 e. The highest BCUT2D eigenvalue weighted by Gasteiger charge is 2.32. The number of piperidine rings is 1. The number of nitrogens with one attached hydrogen (secondary N) is 1. The van der Waals surface area contributed by atoms with Crippen LogP contribution in [-0.2, 0) is 10.0 Å². The number of anilines is 1. The average molecular weight is 477 g/mol. The second-order valence-electron chi connectivity index (χ2n) is 7.42. The van der Waals surface area contributed by atoms with Crippen molar-refractivity contribution in [3.8, 4) is 0 Å². The van der Waals surface area contributed by atoms with E-state index in [4.69, 9.17) is 11.6 Å². The predicted octanol–water partition coefficient (Wildman–Crippen LogP) is 4.32. The zero-order valence-corrected chi connectivity index (χ0v) is 19.2. The molecule has 2 heterocycles. The summed E-state index contributed by atoms with van der Waals surface area (Å²) in [7, 11) is -3.57. The van der Waals surface area contributed by atoms with Crippen LogP contribution in [0.5, 0.6) is 0 Å². The number of halogens is 1. The second kappa shape index (κ2) is 9.04. The molecule has 1 amide bonds. The van der Waals surface area contributed by atoms with E-state index in [1.807, 2.05) is 6.92 Å². The van der Waals surface area contributed by atoms with E-state index < -0.39 is 10.0 Å². The maximum Gasteiger partial charge on any atom is 0.286 e. The quantitative estimate of drug-likeness (QED) is 0.592. The molecule has 1 fully saturated rings. The van der Waals surface area contributed by atoms with Gasteiger partial charge in [-0.1, -0.05) is 40.6 Å². The van der Waals surface area contributed by atoms with Crippen molar-refractivity contribution >= 4 is 44.6 Å². The minimum Gasteiger partial charge on any atom is -0.320 e. The van der Waals surface area contributed by atoms with Gasteiger partial charge in [-0.05, 0) is 56.2 Å². The van der Waals surface area contributed by atoms with Crippen molar-refractivity contribution in [1.82, 2.24) is 14.5 Å². The van der Waals surface area contributed by atoms with Crippen LogP contribution >= 0.6 is 22.9 Å². The summed E-state index contributed by atoms with van der Waals surface area (Å²) in [5.41, 5.74) is 1.62. The molecule has 0 bridgehead atoms. The van der Waals surface area contributed by atoms with Crippen LogP contribution in [0.1, 0.15) is 39.1 Å². The van der Waals surface area contributed by atoms with Gasteiger partial charge in [-0.3, -0.25) is 4.79 Å². The highest BCUT2D eigenvalue weighted by atomic mass is 35.5. The van der Waals surface area contributed by atoms with E-state index in [1.165, 1.54) is 15.6 Å². The van der Waals surface area contributed by atoms with Crippen molar-refractivity contribution in [2.24, 2.45) is 0 Å². The van der Waals surface area contributed by atoms with Crippen LogP contribution < -0.4 is 5.32 Å². The number of aryl methyl sites for hydroxylation is 1. The molecule has 1 N–H and O–H groups in total. The summed E-state index contributed by atoms with van der Waals surface area (Å²) >= 11 is 7.06. The Hall–Kier alpha value is -2.33. The number of carbonyl (C=O) groups is 1. The van der Waals surface area contributed by atoms with Crippen molar-refractivity contribution in [2.45, 2.75) is 30.6 Å². The number of benzene rings is 2. The maximum absolute atomic E-state index is 13.0. The number of rotatable bonds is 5. The van der Waals surface area contributed by atoms with Gasteiger partial charge in [-0.25, -0.2) is 8.42 Å². The number of hydrogen-bond acceptors (Lipinski definition) is 6. The number of amides is 1. The monoisotopic (exact) mass is 476 g/mol. The minimum absolute atomic E-state index is 0.0939. The molecule has 1 aliphatic heterocycles. The number of sulfonamides is 1. The molecular weight excluding hydrogens is 456 g/mol. The summed E-state index contributed by atoms with van der Waals surface area (Å²) in [6.45, 7) is 2.71. The van der Waals surface area contributed by atoms with Crippen LogP contribution in [0.4, 0.5) is 5.69 Å². The third-order valence-electron chi connectivity index (χ3n) is 5.13. The molecule has 0 spiro atoms. The van der Waals surface area contributed by atoms with Crippen molar-refractivity contribution in [1.29, 1.82) is 0 Å². The zero-order valence-electron chi connectivity index (χ0n) is 16.8. The SMILES string of the molecule is Cc1ccc(S(=O)(=O)N2CCCC(c3nnc(C(=O)Nc4ccc(Cl)cc4)s3)C2)cc1. The lowest BCUT2D eigenvalue weighted by molar-refractivity contribution is 0.102. The number of hydrogen-bond donors (Lipinski definition) is 1. The molecule has 4 rings (SSSR count). The lowest BCUT2D eigenvalue weighted by Gasteiger charge is -2.30. The van der Waals surface area contributed by atoms with Gasteiger partial charge >= 0.3 is 0 Å². The third kappa shape index (κ3) is 4.95. The fourth-order valence-electron chi connectivity index (χ4n) is 3.43. The van der Waals surface area contributed by atoms with Gasteiger partial charge in [0.15, 0.2) is 0 Å². The van der Waals surface area contributed by atoms with E-state index in [-0.39, 0.29) is 16.8 Å². The molecule has 2 aromatic carbocycles. The average Bonchev–Trinajstić information content (AvgIpc) is 3.26. The van der Waals surface area contributed by atoms with E-state index in [0.29, 0.717) is 33.7 Å². The Morgan fingerprint density at radius 3 is 2.55 bits per heavy atom. The van der Waals surface area contributed by atoms with Crippen LogP contribution in [-0.4, -0.2) is 41.9 Å². The zero-order chi connectivity index (χ0) is 22.0. The van der Waals surface area contributed by atoms with Crippen LogP contribution in [0.15, 0.2) is 53.4 Å². The Kier molecular flexibility index (Phi) is 6.38. The van der Waals surface area contributed by atoms with Gasteiger partial charge in [-0.2, -0.15) is 4.31 Å². The molecule has 1 aliphatic rings. The fourth-order valence-corrected chi connectivity index (χ4v) is 5.94. The molecule has 0 radical (unpaired) electrons. The summed E-state index contributed by atoms with van der Waals surface area (Å²) in [6.07, 6.45) is 1.52. The molecule has 10 heteroatoms. The molecule has 1 atom stereocenters. The first-order valence-electron chi connectivity index (χ1n) is 9.80. The van der Waals surface area contributed by atoms with Crippen molar-refractivity contribution < 1.29 is 13.2 Å². The van der Waals surface area contributed by atoms with E-state index in [1.54, 1.807) is 48.5 Å². The lowest BCUT2D eigenvalue weighted by Crippen LogP contribution is -2.39. The highest BCUT2D eigenvalue weighted by Crippen LogP contribution is 2.32. The first-order chi connectivity index (χ1) is 14.8. The molecule has 162 valence electrons. The molecule has 1 aromatic heterocycles. The molecule has 1 saturated heterocycles. The second-order valence-corrected chi connectivity index (χ2v) is 10.8. The number of aromatic nitrogens is 2. The summed E-state index contributed by atoms with van der Waals surface area (Å²) in [5.74, 6) is -0.449. The first kappa shape index (κ1) is 21.9. The van der Waals surface area contributed by atoms with E-state index in [9.17, 15) is 13.2 Å². The highest BCUT2D eigenvalue weighted by molar-refractivity contribution is 7.89. The number of nitrogens with zero attached hydrogens (tertiary/aromatic N) is 3. The standard InChI is InChI=1S/C21H21ClN4O3S2/c1-14-4-10-18(11-5-14)31(28,29)26-12-2-3-15(13-26)20-24-25-21(30-20)19(27)23-17-8-6-16(22)7-9-17/h4-11,15H,2-3,12-13H2,1H3,(H,23,27). The Morgan fingerprint density at radius 1 is 1.13 bits per heavy atom. The van der Waals surface area contributed by atoms with Gasteiger partial charge in [0, 0.05) is 29.7 Å². The molecule has 0 saturated carbocycles. The molecule has 0 aliphatic carbocycles. The topological polar surface area (TPSA) is 92.3 Å². The summed E-state index contributed by atoms with van der Waals surface area (Å²) in [4.78, 5) is 12.8. The Morgan fingerprint density at radius 2 is 1.84 bits per heavy atom. The molecule has 7 nitrogen and oxygen atoms in total. The van der Waals surface area contributed by atoms with E-state index >= 15 is 0 Å². The van der Waals surface area contributed by atoms with Gasteiger partial charge in [-0.15, -0.1) is 10.2 Å². The molecule has 3 aromatic rings. The summed E-state index contributed by atoms with van der Waals surface area (Å²) in [5, 5.41) is 12.5. The maximum atomic E-state index is 13.0. The van der Waals surface area contributed by atoms with Gasteiger partial charge in [0.1, 0.15) is 5.01 Å². The van der Waals surface area contributed by atoms with E-state index in [2.05, 4.69) is 15.5 Å². The minimum atomic E-state index is -3.57. The predicted molar refractivity (Wildman–Crippen MR) is 121 cm³/mol. The van der Waals surface area contributed by atoms with Gasteiger partial charge in [0.05, 0.1) is 4.90 Å². The van der Waals surface area contributed by atoms with Gasteiger partial charge in [0.2, 0.25) is 15.0 Å². The van der Waals surface area contributed by atoms with E-state index in [0.717, 1.165) is 18.4 Å². The largest absolute Gasteiger partial charge is 0.320 e. The summed E-state index contributed by atoms with van der Waals surface area (Å²) < 4.78 is 27.6. The van der Waals surface area contributed by atoms with Crippen LogP contribution in [0.3, 0.4) is 0 Å². The summed E-state index contributed by atoms with van der Waals surface area (Å²) in [6, 6.07) is 13.7. The van der Waals surface area contributed by atoms with Gasteiger partial charge < -0.3 is 5.32 Å². The molecule has 1 unspecified atom stereocenters. The molecule has 31 heavy (non-hydrogen) atoms. The number of carbonyl (C=O) groups excluding carboxylic acids is 1. The van der Waals surface area contributed by atoms with Crippen LogP contribution in [0.25, 0.3) is 0 Å². The Labute approximate surface area is 190 Å². The lowest BCUT2D eigenvalue weighted by atomic mass is 10.0. The van der Waals surface area contributed by atoms with Crippen molar-refractivity contribution in [3.63, 3.8) is 0 Å². The van der Waals surface area contributed by atoms with Crippen LogP contribution in [0, 0.1) is 6.92 Å². The Balaban J connectivity index is 1.46.